The van der Waals surface area contributed by atoms with Gasteiger partial charge in [-0.05, 0) is 18.2 Å². The number of anilines is 1. The van der Waals surface area contributed by atoms with Crippen molar-refractivity contribution in [1.29, 1.82) is 0 Å². The molecule has 1 aromatic rings. The molecule has 0 amide bonds. The highest BCUT2D eigenvalue weighted by atomic mass is 16.5. The van der Waals surface area contributed by atoms with Gasteiger partial charge in [-0.2, -0.15) is 0 Å². The summed E-state index contributed by atoms with van der Waals surface area (Å²) in [6, 6.07) is 4.65. The first-order valence-electron chi connectivity index (χ1n) is 5.01. The van der Waals surface area contributed by atoms with Crippen molar-refractivity contribution in [3.63, 3.8) is 0 Å². The van der Waals surface area contributed by atoms with Crippen LogP contribution in [-0.2, 0) is 10.3 Å². The Balaban J connectivity index is 2.38. The van der Waals surface area contributed by atoms with Gasteiger partial charge in [0, 0.05) is 37.3 Å². The molecule has 0 aliphatic carbocycles. The molecule has 1 fully saturated rings. The molecule has 0 radical (unpaired) electrons. The number of phenolic OH excluding ortho intramolecular Hbond substituents is 1. The van der Waals surface area contributed by atoms with Crippen LogP contribution in [0.15, 0.2) is 18.2 Å². The molecule has 0 spiro atoms. The zero-order valence-corrected chi connectivity index (χ0v) is 8.44. The lowest BCUT2D eigenvalue weighted by Crippen LogP contribution is -2.34. The third-order valence-electron chi connectivity index (χ3n) is 2.86. The minimum Gasteiger partial charge on any atom is -0.508 e. The lowest BCUT2D eigenvalue weighted by molar-refractivity contribution is -0.0675. The summed E-state index contributed by atoms with van der Waals surface area (Å²) in [5.41, 5.74) is 5.95. The summed E-state index contributed by atoms with van der Waals surface area (Å²) in [6.07, 6.45) is 1.03. The molecule has 15 heavy (non-hydrogen) atoms. The molecule has 82 valence electrons. The van der Waals surface area contributed by atoms with Gasteiger partial charge in [0.1, 0.15) is 5.75 Å². The lowest BCUT2D eigenvalue weighted by atomic mass is 9.85. The normalized spacial score (nSPS) is 20.1. The molecule has 1 heterocycles. The van der Waals surface area contributed by atoms with Crippen LogP contribution in [0.1, 0.15) is 18.4 Å². The van der Waals surface area contributed by atoms with Crippen molar-refractivity contribution in [3.8, 4) is 5.75 Å². The smallest absolute Gasteiger partial charge is 0.116 e. The Morgan fingerprint density at radius 2 is 1.93 bits per heavy atom. The van der Waals surface area contributed by atoms with E-state index >= 15 is 0 Å². The third kappa shape index (κ3) is 1.91. The fourth-order valence-corrected chi connectivity index (χ4v) is 1.93. The van der Waals surface area contributed by atoms with E-state index in [-0.39, 0.29) is 5.75 Å². The van der Waals surface area contributed by atoms with E-state index in [4.69, 9.17) is 10.5 Å². The highest BCUT2D eigenvalue weighted by Gasteiger charge is 2.33. The molecule has 1 saturated heterocycles. The SMILES string of the molecule is Nc1ccc(O)cc1C1(O)CCOCC1. The van der Waals surface area contributed by atoms with Gasteiger partial charge in [0.2, 0.25) is 0 Å². The monoisotopic (exact) mass is 209 g/mol. The van der Waals surface area contributed by atoms with Crippen molar-refractivity contribution < 1.29 is 14.9 Å². The third-order valence-corrected chi connectivity index (χ3v) is 2.86. The second-order valence-corrected chi connectivity index (χ2v) is 3.92. The maximum absolute atomic E-state index is 10.4. The van der Waals surface area contributed by atoms with Crippen molar-refractivity contribution in [3.05, 3.63) is 23.8 Å². The summed E-state index contributed by atoms with van der Waals surface area (Å²) >= 11 is 0. The highest BCUT2D eigenvalue weighted by Crippen LogP contribution is 2.36. The molecule has 0 bridgehead atoms. The number of aromatic hydroxyl groups is 1. The molecule has 4 N–H and O–H groups in total. The molecule has 4 nitrogen and oxygen atoms in total. The Hall–Kier alpha value is -1.26. The molecule has 4 heteroatoms. The zero-order chi connectivity index (χ0) is 10.9. The van der Waals surface area contributed by atoms with Crippen LogP contribution in [0.25, 0.3) is 0 Å². The fraction of sp³-hybridized carbons (Fsp3) is 0.455. The van der Waals surface area contributed by atoms with Crippen molar-refractivity contribution >= 4 is 5.69 Å². The van der Waals surface area contributed by atoms with Gasteiger partial charge >= 0.3 is 0 Å². The molecule has 1 aromatic carbocycles. The molecule has 0 unspecified atom stereocenters. The summed E-state index contributed by atoms with van der Waals surface area (Å²) in [5, 5.41) is 19.8. The van der Waals surface area contributed by atoms with Gasteiger partial charge in [-0.3, -0.25) is 0 Å². The molecular weight excluding hydrogens is 194 g/mol. The van der Waals surface area contributed by atoms with Gasteiger partial charge in [0.05, 0.1) is 5.60 Å². The molecule has 1 aliphatic rings. The van der Waals surface area contributed by atoms with E-state index in [2.05, 4.69) is 0 Å². The van der Waals surface area contributed by atoms with Crippen LogP contribution in [0.5, 0.6) is 5.75 Å². The number of ether oxygens (including phenoxy) is 1. The Morgan fingerprint density at radius 3 is 2.60 bits per heavy atom. The summed E-state index contributed by atoms with van der Waals surface area (Å²) < 4.78 is 5.19. The average Bonchev–Trinajstić information content (AvgIpc) is 2.23. The van der Waals surface area contributed by atoms with Crippen molar-refractivity contribution in [2.75, 3.05) is 18.9 Å². The number of hydrogen-bond donors (Lipinski definition) is 3. The van der Waals surface area contributed by atoms with Gasteiger partial charge in [0.15, 0.2) is 0 Å². The Labute approximate surface area is 88.3 Å². The predicted octanol–water partition coefficient (Wildman–Crippen LogP) is 0.972. The number of hydrogen-bond acceptors (Lipinski definition) is 4. The van der Waals surface area contributed by atoms with E-state index in [0.717, 1.165) is 0 Å². The van der Waals surface area contributed by atoms with E-state index in [1.807, 2.05) is 0 Å². The standard InChI is InChI=1S/C11H15NO3/c12-10-2-1-8(13)7-9(10)11(14)3-5-15-6-4-11/h1-2,7,13-14H,3-6,12H2. The predicted molar refractivity (Wildman–Crippen MR) is 56.5 cm³/mol. The fourth-order valence-electron chi connectivity index (χ4n) is 1.93. The number of aliphatic hydroxyl groups is 1. The van der Waals surface area contributed by atoms with Crippen molar-refractivity contribution in [1.82, 2.24) is 0 Å². The topological polar surface area (TPSA) is 75.7 Å². The molecule has 0 aromatic heterocycles. The van der Waals surface area contributed by atoms with Crippen LogP contribution in [0.3, 0.4) is 0 Å². The summed E-state index contributed by atoms with van der Waals surface area (Å²) in [7, 11) is 0. The molecule has 0 atom stereocenters. The van der Waals surface area contributed by atoms with E-state index in [9.17, 15) is 10.2 Å². The maximum atomic E-state index is 10.4. The summed E-state index contributed by atoms with van der Waals surface area (Å²) in [4.78, 5) is 0. The van der Waals surface area contributed by atoms with E-state index in [1.54, 1.807) is 6.07 Å². The average molecular weight is 209 g/mol. The van der Waals surface area contributed by atoms with Gasteiger partial charge < -0.3 is 20.7 Å². The van der Waals surface area contributed by atoms with Crippen LogP contribution in [0.4, 0.5) is 5.69 Å². The first-order valence-corrected chi connectivity index (χ1v) is 5.01. The minimum absolute atomic E-state index is 0.124. The van der Waals surface area contributed by atoms with Crippen molar-refractivity contribution in [2.24, 2.45) is 0 Å². The van der Waals surface area contributed by atoms with Crippen LogP contribution in [0, 0.1) is 0 Å². The maximum Gasteiger partial charge on any atom is 0.116 e. The largest absolute Gasteiger partial charge is 0.508 e. The molecule has 2 rings (SSSR count). The second kappa shape index (κ2) is 3.72. The van der Waals surface area contributed by atoms with Crippen LogP contribution >= 0.6 is 0 Å². The highest BCUT2D eigenvalue weighted by molar-refractivity contribution is 5.53. The number of benzene rings is 1. The van der Waals surface area contributed by atoms with Crippen molar-refractivity contribution in [2.45, 2.75) is 18.4 Å². The van der Waals surface area contributed by atoms with Gasteiger partial charge in [-0.1, -0.05) is 0 Å². The first kappa shape index (κ1) is 10.3. The van der Waals surface area contributed by atoms with Gasteiger partial charge in [-0.15, -0.1) is 0 Å². The second-order valence-electron chi connectivity index (χ2n) is 3.92. The van der Waals surface area contributed by atoms with Crippen LogP contribution < -0.4 is 5.73 Å². The number of nitrogens with two attached hydrogens (primary N) is 1. The number of rotatable bonds is 1. The minimum atomic E-state index is -0.957. The molecule has 1 aliphatic heterocycles. The van der Waals surface area contributed by atoms with Gasteiger partial charge in [0.25, 0.3) is 0 Å². The van der Waals surface area contributed by atoms with E-state index < -0.39 is 5.60 Å². The molecular formula is C11H15NO3. The Kier molecular flexibility index (Phi) is 2.54. The van der Waals surface area contributed by atoms with E-state index in [1.165, 1.54) is 12.1 Å². The van der Waals surface area contributed by atoms with E-state index in [0.29, 0.717) is 37.3 Å². The quantitative estimate of drug-likeness (QED) is 0.476. The number of phenols is 1. The molecule has 0 saturated carbocycles. The lowest BCUT2D eigenvalue weighted by Gasteiger charge is -2.33. The zero-order valence-electron chi connectivity index (χ0n) is 8.44. The number of nitrogen functional groups attached to an aromatic ring is 1. The van der Waals surface area contributed by atoms with Crippen LogP contribution in [0.2, 0.25) is 0 Å². The first-order chi connectivity index (χ1) is 7.12. The van der Waals surface area contributed by atoms with Crippen LogP contribution in [-0.4, -0.2) is 23.4 Å². The Morgan fingerprint density at radius 1 is 1.27 bits per heavy atom. The summed E-state index contributed by atoms with van der Waals surface area (Å²) in [5.74, 6) is 0.124. The summed E-state index contributed by atoms with van der Waals surface area (Å²) in [6.45, 7) is 1.04. The Bertz CT molecular complexity index is 359. The van der Waals surface area contributed by atoms with Gasteiger partial charge in [-0.25, -0.2) is 0 Å².